The summed E-state index contributed by atoms with van der Waals surface area (Å²) in [6.45, 7) is 5.82. The van der Waals surface area contributed by atoms with Crippen molar-refractivity contribution in [3.63, 3.8) is 0 Å². The Balaban J connectivity index is 2.38. The van der Waals surface area contributed by atoms with E-state index in [9.17, 15) is 4.79 Å². The van der Waals surface area contributed by atoms with E-state index < -0.39 is 11.7 Å². The first kappa shape index (κ1) is 16.1. The summed E-state index contributed by atoms with van der Waals surface area (Å²) in [6.07, 6.45) is 5.52. The lowest BCUT2D eigenvalue weighted by Gasteiger charge is -2.20. The molecule has 1 aromatic carbocycles. The van der Waals surface area contributed by atoms with Crippen LogP contribution in [0.2, 0.25) is 0 Å². The maximum absolute atomic E-state index is 11.5. The molecule has 0 bridgehead atoms. The fraction of sp³-hybridized carbons (Fsp3) is 0.438. The molecular weight excluding hydrogens is 252 g/mol. The van der Waals surface area contributed by atoms with Crippen LogP contribution in [-0.2, 0) is 11.2 Å². The van der Waals surface area contributed by atoms with Crippen molar-refractivity contribution >= 4 is 6.09 Å². The Morgan fingerprint density at radius 3 is 2.50 bits per heavy atom. The van der Waals surface area contributed by atoms with Crippen molar-refractivity contribution in [2.45, 2.75) is 38.8 Å². The molecule has 0 aliphatic heterocycles. The van der Waals surface area contributed by atoms with Gasteiger partial charge in [0.15, 0.2) is 0 Å². The van der Waals surface area contributed by atoms with Crippen LogP contribution in [0.15, 0.2) is 24.3 Å². The standard InChI is InChI=1S/C16H22N2O2/c1-5-12-6-8-13(9-7-12)10-14(17)11-18-15(19)20-16(2,3)4/h1,6-9,14H,10-11,17H2,2-4H3,(H,18,19). The van der Waals surface area contributed by atoms with Gasteiger partial charge in [-0.2, -0.15) is 0 Å². The van der Waals surface area contributed by atoms with Gasteiger partial charge in [-0.05, 0) is 44.9 Å². The van der Waals surface area contributed by atoms with Crippen molar-refractivity contribution in [1.82, 2.24) is 5.32 Å². The zero-order valence-corrected chi connectivity index (χ0v) is 12.3. The zero-order valence-electron chi connectivity index (χ0n) is 12.3. The second-order valence-electron chi connectivity index (χ2n) is 5.69. The monoisotopic (exact) mass is 274 g/mol. The van der Waals surface area contributed by atoms with Crippen LogP contribution in [0.25, 0.3) is 0 Å². The summed E-state index contributed by atoms with van der Waals surface area (Å²) in [4.78, 5) is 11.5. The summed E-state index contributed by atoms with van der Waals surface area (Å²) in [7, 11) is 0. The average molecular weight is 274 g/mol. The summed E-state index contributed by atoms with van der Waals surface area (Å²) in [5, 5.41) is 2.66. The molecule has 4 heteroatoms. The third-order valence-corrected chi connectivity index (χ3v) is 2.53. The van der Waals surface area contributed by atoms with E-state index in [1.807, 2.05) is 45.0 Å². The lowest BCUT2D eigenvalue weighted by Crippen LogP contribution is -2.41. The van der Waals surface area contributed by atoms with Crippen LogP contribution >= 0.6 is 0 Å². The van der Waals surface area contributed by atoms with Gasteiger partial charge in [-0.3, -0.25) is 0 Å². The largest absolute Gasteiger partial charge is 0.444 e. The van der Waals surface area contributed by atoms with Gasteiger partial charge in [-0.1, -0.05) is 18.1 Å². The Hall–Kier alpha value is -1.99. The van der Waals surface area contributed by atoms with Crippen molar-refractivity contribution in [3.8, 4) is 12.3 Å². The zero-order chi connectivity index (χ0) is 15.2. The van der Waals surface area contributed by atoms with E-state index in [2.05, 4.69) is 11.2 Å². The number of amides is 1. The molecule has 1 aromatic rings. The quantitative estimate of drug-likeness (QED) is 0.826. The molecule has 1 amide bonds. The number of carbonyl (C=O) groups excluding carboxylic acids is 1. The molecule has 1 unspecified atom stereocenters. The van der Waals surface area contributed by atoms with Crippen LogP contribution in [0.4, 0.5) is 4.79 Å². The normalized spacial score (nSPS) is 12.3. The fourth-order valence-corrected chi connectivity index (χ4v) is 1.64. The minimum absolute atomic E-state index is 0.167. The summed E-state index contributed by atoms with van der Waals surface area (Å²) < 4.78 is 5.14. The van der Waals surface area contributed by atoms with E-state index in [-0.39, 0.29) is 6.04 Å². The molecule has 0 spiro atoms. The minimum atomic E-state index is -0.501. The van der Waals surface area contributed by atoms with Gasteiger partial charge in [-0.15, -0.1) is 6.42 Å². The van der Waals surface area contributed by atoms with E-state index >= 15 is 0 Å². The Morgan fingerprint density at radius 2 is 2.00 bits per heavy atom. The smallest absolute Gasteiger partial charge is 0.407 e. The van der Waals surface area contributed by atoms with Crippen LogP contribution < -0.4 is 11.1 Å². The van der Waals surface area contributed by atoms with Crippen molar-refractivity contribution in [3.05, 3.63) is 35.4 Å². The Morgan fingerprint density at radius 1 is 1.40 bits per heavy atom. The van der Waals surface area contributed by atoms with Crippen molar-refractivity contribution in [2.24, 2.45) is 5.73 Å². The van der Waals surface area contributed by atoms with E-state index in [1.54, 1.807) is 0 Å². The molecule has 3 N–H and O–H groups in total. The van der Waals surface area contributed by atoms with Gasteiger partial charge in [0.25, 0.3) is 0 Å². The second-order valence-corrected chi connectivity index (χ2v) is 5.69. The van der Waals surface area contributed by atoms with Crippen LogP contribution in [0.1, 0.15) is 31.9 Å². The summed E-state index contributed by atoms with van der Waals surface area (Å²) >= 11 is 0. The van der Waals surface area contributed by atoms with Crippen LogP contribution in [-0.4, -0.2) is 24.3 Å². The first-order valence-electron chi connectivity index (χ1n) is 6.58. The number of hydrogen-bond donors (Lipinski definition) is 2. The van der Waals surface area contributed by atoms with Crippen molar-refractivity contribution in [2.75, 3.05) is 6.54 Å². The van der Waals surface area contributed by atoms with Gasteiger partial charge < -0.3 is 15.8 Å². The number of terminal acetylenes is 1. The number of nitrogens with one attached hydrogen (secondary N) is 1. The number of carbonyl (C=O) groups is 1. The minimum Gasteiger partial charge on any atom is -0.444 e. The lowest BCUT2D eigenvalue weighted by atomic mass is 10.0. The van der Waals surface area contributed by atoms with Crippen molar-refractivity contribution in [1.29, 1.82) is 0 Å². The molecule has 0 aliphatic carbocycles. The molecule has 1 rings (SSSR count). The average Bonchev–Trinajstić information content (AvgIpc) is 2.35. The number of alkyl carbamates (subject to hydrolysis) is 1. The molecule has 0 radical (unpaired) electrons. The maximum Gasteiger partial charge on any atom is 0.407 e. The Bertz CT molecular complexity index is 481. The molecule has 1 atom stereocenters. The van der Waals surface area contributed by atoms with E-state index in [1.165, 1.54) is 0 Å². The summed E-state index contributed by atoms with van der Waals surface area (Å²) in [6, 6.07) is 7.48. The molecule has 0 aliphatic rings. The molecule has 0 aromatic heterocycles. The van der Waals surface area contributed by atoms with E-state index in [0.29, 0.717) is 13.0 Å². The predicted molar refractivity (Wildman–Crippen MR) is 80.3 cm³/mol. The third kappa shape index (κ3) is 6.26. The van der Waals surface area contributed by atoms with E-state index in [0.717, 1.165) is 11.1 Å². The van der Waals surface area contributed by atoms with Crippen molar-refractivity contribution < 1.29 is 9.53 Å². The lowest BCUT2D eigenvalue weighted by molar-refractivity contribution is 0.0524. The summed E-state index contributed by atoms with van der Waals surface area (Å²) in [5.41, 5.74) is 7.40. The predicted octanol–water partition coefficient (Wildman–Crippen LogP) is 2.06. The third-order valence-electron chi connectivity index (χ3n) is 2.53. The van der Waals surface area contributed by atoms with Gasteiger partial charge in [-0.25, -0.2) is 4.79 Å². The van der Waals surface area contributed by atoms with E-state index in [4.69, 9.17) is 16.9 Å². The highest BCUT2D eigenvalue weighted by molar-refractivity contribution is 5.67. The van der Waals surface area contributed by atoms with Crippen LogP contribution in [0.3, 0.4) is 0 Å². The first-order chi connectivity index (χ1) is 9.30. The Kier molecular flexibility index (Phi) is 5.60. The molecular formula is C16H22N2O2. The highest BCUT2D eigenvalue weighted by Crippen LogP contribution is 2.07. The number of rotatable bonds is 4. The SMILES string of the molecule is C#Cc1ccc(CC(N)CNC(=O)OC(C)(C)C)cc1. The van der Waals surface area contributed by atoms with Gasteiger partial charge >= 0.3 is 6.09 Å². The number of hydrogen-bond acceptors (Lipinski definition) is 3. The maximum atomic E-state index is 11.5. The fourth-order valence-electron chi connectivity index (χ4n) is 1.64. The highest BCUT2D eigenvalue weighted by atomic mass is 16.6. The molecule has 0 fully saturated rings. The van der Waals surface area contributed by atoms with Gasteiger partial charge in [0.2, 0.25) is 0 Å². The molecule has 4 nitrogen and oxygen atoms in total. The number of nitrogens with two attached hydrogens (primary N) is 1. The van der Waals surface area contributed by atoms with Gasteiger partial charge in [0, 0.05) is 18.2 Å². The highest BCUT2D eigenvalue weighted by Gasteiger charge is 2.16. The number of ether oxygens (including phenoxy) is 1. The number of benzene rings is 1. The topological polar surface area (TPSA) is 64.3 Å². The molecule has 20 heavy (non-hydrogen) atoms. The van der Waals surface area contributed by atoms with Crippen LogP contribution in [0.5, 0.6) is 0 Å². The summed E-state index contributed by atoms with van der Waals surface area (Å²) in [5.74, 6) is 2.56. The molecule has 108 valence electrons. The van der Waals surface area contributed by atoms with Crippen LogP contribution in [0, 0.1) is 12.3 Å². The molecule has 0 saturated heterocycles. The molecule has 0 heterocycles. The first-order valence-corrected chi connectivity index (χ1v) is 6.58. The molecule has 0 saturated carbocycles. The van der Waals surface area contributed by atoms with Gasteiger partial charge in [0.1, 0.15) is 5.60 Å². The van der Waals surface area contributed by atoms with Gasteiger partial charge in [0.05, 0.1) is 0 Å². The second kappa shape index (κ2) is 6.97. The Labute approximate surface area is 120 Å².